The number of rotatable bonds is 5. The van der Waals surface area contributed by atoms with E-state index in [0.717, 1.165) is 17.8 Å². The molecule has 13 heavy (non-hydrogen) atoms. The second-order valence-corrected chi connectivity index (χ2v) is 3.79. The van der Waals surface area contributed by atoms with Crippen LogP contribution in [0.3, 0.4) is 0 Å². The highest BCUT2D eigenvalue weighted by molar-refractivity contribution is 7.09. The molecule has 0 saturated carbocycles. The zero-order valence-corrected chi connectivity index (χ0v) is 8.56. The van der Waals surface area contributed by atoms with Gasteiger partial charge in [-0.25, -0.2) is 4.98 Å². The van der Waals surface area contributed by atoms with Gasteiger partial charge in [-0.3, -0.25) is 4.79 Å². The smallest absolute Gasteiger partial charge is 0.220 e. The predicted molar refractivity (Wildman–Crippen MR) is 53.5 cm³/mol. The first-order valence-corrected chi connectivity index (χ1v) is 5.36. The molecule has 0 unspecified atom stereocenters. The average molecular weight is 198 g/mol. The van der Waals surface area contributed by atoms with Crippen LogP contribution in [0.1, 0.15) is 31.2 Å². The van der Waals surface area contributed by atoms with Crippen molar-refractivity contribution in [2.45, 2.75) is 32.7 Å². The Labute approximate surface area is 82.2 Å². The van der Waals surface area contributed by atoms with Crippen LogP contribution in [-0.4, -0.2) is 10.9 Å². The fourth-order valence-corrected chi connectivity index (χ4v) is 1.50. The van der Waals surface area contributed by atoms with E-state index in [1.807, 2.05) is 5.38 Å². The van der Waals surface area contributed by atoms with Crippen LogP contribution in [0.15, 0.2) is 11.6 Å². The lowest BCUT2D eigenvalue weighted by Crippen LogP contribution is -2.22. The lowest BCUT2D eigenvalue weighted by atomic mass is 10.2. The van der Waals surface area contributed by atoms with Crippen LogP contribution >= 0.6 is 11.3 Å². The highest BCUT2D eigenvalue weighted by Gasteiger charge is 2.00. The number of thiazole rings is 1. The van der Waals surface area contributed by atoms with E-state index in [2.05, 4.69) is 17.2 Å². The van der Waals surface area contributed by atoms with E-state index in [9.17, 15) is 4.79 Å². The third kappa shape index (κ3) is 4.03. The van der Waals surface area contributed by atoms with Crippen LogP contribution in [0.5, 0.6) is 0 Å². The number of aromatic nitrogens is 1. The summed E-state index contributed by atoms with van der Waals surface area (Å²) < 4.78 is 0. The van der Waals surface area contributed by atoms with Gasteiger partial charge >= 0.3 is 0 Å². The first-order valence-electron chi connectivity index (χ1n) is 4.48. The van der Waals surface area contributed by atoms with E-state index in [1.165, 1.54) is 0 Å². The molecule has 0 aliphatic carbocycles. The van der Waals surface area contributed by atoms with Gasteiger partial charge in [0, 0.05) is 18.0 Å². The van der Waals surface area contributed by atoms with Gasteiger partial charge in [0.15, 0.2) is 0 Å². The van der Waals surface area contributed by atoms with Crippen molar-refractivity contribution >= 4 is 17.2 Å². The molecule has 1 N–H and O–H groups in total. The van der Waals surface area contributed by atoms with Gasteiger partial charge < -0.3 is 5.32 Å². The Hall–Kier alpha value is -0.900. The second kappa shape index (κ2) is 5.70. The normalized spacial score (nSPS) is 9.92. The maximum atomic E-state index is 11.2. The number of nitrogens with one attached hydrogen (secondary N) is 1. The minimum atomic E-state index is 0.122. The molecule has 72 valence electrons. The van der Waals surface area contributed by atoms with Crippen molar-refractivity contribution in [3.05, 3.63) is 16.6 Å². The summed E-state index contributed by atoms with van der Waals surface area (Å²) in [7, 11) is 0. The Bertz CT molecular complexity index is 246. The lowest BCUT2D eigenvalue weighted by Gasteiger charge is -2.01. The summed E-state index contributed by atoms with van der Waals surface area (Å²) in [6.07, 6.45) is 4.40. The molecule has 0 spiro atoms. The van der Waals surface area contributed by atoms with Gasteiger partial charge in [-0.15, -0.1) is 11.3 Å². The molecule has 4 heteroatoms. The molecular weight excluding hydrogens is 184 g/mol. The van der Waals surface area contributed by atoms with Crippen molar-refractivity contribution in [2.24, 2.45) is 0 Å². The molecule has 1 aromatic rings. The monoisotopic (exact) mass is 198 g/mol. The van der Waals surface area contributed by atoms with Crippen LogP contribution in [0.4, 0.5) is 0 Å². The summed E-state index contributed by atoms with van der Waals surface area (Å²) >= 11 is 1.56. The van der Waals surface area contributed by atoms with Crippen LogP contribution in [0, 0.1) is 0 Å². The highest BCUT2D eigenvalue weighted by atomic mass is 32.1. The number of carbonyl (C=O) groups is 1. The third-order valence-corrected chi connectivity index (χ3v) is 2.46. The molecule has 0 aliphatic heterocycles. The Morgan fingerprint density at radius 3 is 3.15 bits per heavy atom. The van der Waals surface area contributed by atoms with Crippen molar-refractivity contribution in [2.75, 3.05) is 0 Å². The fourth-order valence-electron chi connectivity index (χ4n) is 0.940. The van der Waals surface area contributed by atoms with Gasteiger partial charge in [0.25, 0.3) is 0 Å². The van der Waals surface area contributed by atoms with E-state index in [0.29, 0.717) is 13.0 Å². The topological polar surface area (TPSA) is 42.0 Å². The Morgan fingerprint density at radius 1 is 1.69 bits per heavy atom. The van der Waals surface area contributed by atoms with E-state index < -0.39 is 0 Å². The zero-order chi connectivity index (χ0) is 9.52. The minimum absolute atomic E-state index is 0.122. The second-order valence-electron chi connectivity index (χ2n) is 2.81. The van der Waals surface area contributed by atoms with Crippen molar-refractivity contribution in [3.63, 3.8) is 0 Å². The first kappa shape index (κ1) is 10.2. The zero-order valence-electron chi connectivity index (χ0n) is 7.75. The van der Waals surface area contributed by atoms with E-state index in [-0.39, 0.29) is 5.91 Å². The molecule has 0 radical (unpaired) electrons. The molecule has 0 bridgehead atoms. The molecule has 0 fully saturated rings. The summed E-state index contributed by atoms with van der Waals surface area (Å²) in [5.74, 6) is 0.122. The SMILES string of the molecule is CCCCC(=O)NCc1nccs1. The van der Waals surface area contributed by atoms with E-state index in [1.54, 1.807) is 17.5 Å². The molecule has 1 aromatic heterocycles. The van der Waals surface area contributed by atoms with Gasteiger partial charge in [0.1, 0.15) is 5.01 Å². The quantitative estimate of drug-likeness (QED) is 0.785. The largest absolute Gasteiger partial charge is 0.350 e. The number of hydrogen-bond donors (Lipinski definition) is 1. The summed E-state index contributed by atoms with van der Waals surface area (Å²) in [6, 6.07) is 0. The first-order chi connectivity index (χ1) is 6.33. The maximum Gasteiger partial charge on any atom is 0.220 e. The van der Waals surface area contributed by atoms with E-state index >= 15 is 0 Å². The number of carbonyl (C=O) groups excluding carboxylic acids is 1. The Morgan fingerprint density at radius 2 is 2.54 bits per heavy atom. The van der Waals surface area contributed by atoms with Gasteiger partial charge in [-0.2, -0.15) is 0 Å². The van der Waals surface area contributed by atoms with Crippen LogP contribution in [-0.2, 0) is 11.3 Å². The molecule has 0 aliphatic rings. The maximum absolute atomic E-state index is 11.2. The third-order valence-electron chi connectivity index (χ3n) is 1.68. The van der Waals surface area contributed by atoms with Crippen LogP contribution in [0.2, 0.25) is 0 Å². The fraction of sp³-hybridized carbons (Fsp3) is 0.556. The predicted octanol–water partition coefficient (Wildman–Crippen LogP) is 1.95. The number of amides is 1. The highest BCUT2D eigenvalue weighted by Crippen LogP contribution is 2.03. The minimum Gasteiger partial charge on any atom is -0.350 e. The molecule has 0 aromatic carbocycles. The van der Waals surface area contributed by atoms with Gasteiger partial charge in [-0.1, -0.05) is 13.3 Å². The lowest BCUT2D eigenvalue weighted by molar-refractivity contribution is -0.121. The summed E-state index contributed by atoms with van der Waals surface area (Å²) in [4.78, 5) is 15.2. The molecule has 1 rings (SSSR count). The van der Waals surface area contributed by atoms with Gasteiger partial charge in [-0.05, 0) is 6.42 Å². The van der Waals surface area contributed by atoms with E-state index in [4.69, 9.17) is 0 Å². The summed E-state index contributed by atoms with van der Waals surface area (Å²) in [5.41, 5.74) is 0. The van der Waals surface area contributed by atoms with Crippen molar-refractivity contribution in [1.82, 2.24) is 10.3 Å². The van der Waals surface area contributed by atoms with Gasteiger partial charge in [0.05, 0.1) is 6.54 Å². The Kier molecular flexibility index (Phi) is 4.46. The molecular formula is C9H14N2OS. The molecule has 1 amide bonds. The Balaban J connectivity index is 2.15. The summed E-state index contributed by atoms with van der Waals surface area (Å²) in [5, 5.41) is 5.70. The standard InChI is InChI=1S/C9H14N2OS/c1-2-3-4-8(12)11-7-9-10-5-6-13-9/h5-6H,2-4,7H2,1H3,(H,11,12). The number of nitrogens with zero attached hydrogens (tertiary/aromatic N) is 1. The van der Waals surface area contributed by atoms with Crippen LogP contribution in [0.25, 0.3) is 0 Å². The van der Waals surface area contributed by atoms with Crippen molar-refractivity contribution < 1.29 is 4.79 Å². The van der Waals surface area contributed by atoms with Crippen molar-refractivity contribution in [3.8, 4) is 0 Å². The molecule has 0 saturated heterocycles. The molecule has 1 heterocycles. The summed E-state index contributed by atoms with van der Waals surface area (Å²) in [6.45, 7) is 2.65. The average Bonchev–Trinajstić information content (AvgIpc) is 2.64. The van der Waals surface area contributed by atoms with Crippen LogP contribution < -0.4 is 5.32 Å². The van der Waals surface area contributed by atoms with Gasteiger partial charge in [0.2, 0.25) is 5.91 Å². The van der Waals surface area contributed by atoms with Crippen molar-refractivity contribution in [1.29, 1.82) is 0 Å². The molecule has 3 nitrogen and oxygen atoms in total. The number of unbranched alkanes of at least 4 members (excludes halogenated alkanes) is 1. The molecule has 0 atom stereocenters. The number of hydrogen-bond acceptors (Lipinski definition) is 3.